The summed E-state index contributed by atoms with van der Waals surface area (Å²) >= 11 is 0. The number of hydrogen-bond acceptors (Lipinski definition) is 3. The number of rotatable bonds is 4. The number of aliphatic hydroxyl groups excluding tert-OH is 1. The largest absolute Gasteiger partial charge is 0.392 e. The molecule has 0 radical (unpaired) electrons. The number of carbonyl (C=O) groups is 1. The van der Waals surface area contributed by atoms with Crippen molar-refractivity contribution >= 4 is 5.91 Å². The van der Waals surface area contributed by atoms with Gasteiger partial charge in [-0.15, -0.1) is 0 Å². The average molecular weight is 160 g/mol. The first kappa shape index (κ1) is 10.4. The maximum absolute atomic E-state index is 10.9. The maximum atomic E-state index is 10.9. The first-order chi connectivity index (χ1) is 5.07. The van der Waals surface area contributed by atoms with Gasteiger partial charge >= 0.3 is 0 Å². The lowest BCUT2D eigenvalue weighted by Gasteiger charge is -2.10. The highest BCUT2D eigenvalue weighted by atomic mass is 16.3. The minimum Gasteiger partial charge on any atom is -0.392 e. The van der Waals surface area contributed by atoms with E-state index in [-0.39, 0.29) is 12.5 Å². The molecule has 0 bridgehead atoms. The zero-order chi connectivity index (χ0) is 8.85. The highest BCUT2D eigenvalue weighted by molar-refractivity contribution is 5.81. The smallest absolute Gasteiger partial charge is 0.236 e. The van der Waals surface area contributed by atoms with Crippen LogP contribution in [0, 0.1) is 0 Å². The van der Waals surface area contributed by atoms with Gasteiger partial charge in [-0.2, -0.15) is 0 Å². The standard InChI is InChI=1S/C7H16N2O2/c1-3-6(8)7(11)9-4-5(2)10/h5-6,10H,3-4,8H2,1-2H3,(H,9,11)/t5?,6-/m1/s1. The van der Waals surface area contributed by atoms with Crippen molar-refractivity contribution in [3.63, 3.8) is 0 Å². The molecule has 4 heteroatoms. The molecule has 11 heavy (non-hydrogen) atoms. The van der Waals surface area contributed by atoms with E-state index in [0.717, 1.165) is 0 Å². The Morgan fingerprint density at radius 1 is 1.73 bits per heavy atom. The predicted octanol–water partition coefficient (Wildman–Crippen LogP) is -0.779. The van der Waals surface area contributed by atoms with Crippen molar-refractivity contribution < 1.29 is 9.90 Å². The van der Waals surface area contributed by atoms with Gasteiger partial charge in [0.2, 0.25) is 5.91 Å². The molecule has 1 amide bonds. The summed E-state index contributed by atoms with van der Waals surface area (Å²) in [5.74, 6) is -0.201. The molecule has 4 nitrogen and oxygen atoms in total. The quantitative estimate of drug-likeness (QED) is 0.505. The van der Waals surface area contributed by atoms with Crippen molar-refractivity contribution in [3.05, 3.63) is 0 Å². The highest BCUT2D eigenvalue weighted by Crippen LogP contribution is 1.85. The van der Waals surface area contributed by atoms with E-state index in [1.54, 1.807) is 6.92 Å². The minimum absolute atomic E-state index is 0.201. The van der Waals surface area contributed by atoms with E-state index >= 15 is 0 Å². The lowest BCUT2D eigenvalue weighted by Crippen LogP contribution is -2.42. The molecule has 0 fully saturated rings. The van der Waals surface area contributed by atoms with Crippen LogP contribution in [0.3, 0.4) is 0 Å². The van der Waals surface area contributed by atoms with Gasteiger partial charge in [-0.25, -0.2) is 0 Å². The van der Waals surface area contributed by atoms with Crippen LogP contribution < -0.4 is 11.1 Å². The summed E-state index contributed by atoms with van der Waals surface area (Å²) in [6.45, 7) is 3.72. The Labute approximate surface area is 66.8 Å². The van der Waals surface area contributed by atoms with Crippen LogP contribution in [0.1, 0.15) is 20.3 Å². The molecule has 0 aromatic rings. The third-order valence-electron chi connectivity index (χ3n) is 1.35. The van der Waals surface area contributed by atoms with E-state index in [9.17, 15) is 4.79 Å². The second-order valence-corrected chi connectivity index (χ2v) is 2.61. The molecule has 66 valence electrons. The zero-order valence-corrected chi connectivity index (χ0v) is 7.00. The molecule has 1 unspecified atom stereocenters. The molecule has 2 atom stereocenters. The Morgan fingerprint density at radius 2 is 2.27 bits per heavy atom. The van der Waals surface area contributed by atoms with Gasteiger partial charge in [0.15, 0.2) is 0 Å². The molecule has 0 saturated carbocycles. The van der Waals surface area contributed by atoms with Crippen molar-refractivity contribution in [2.24, 2.45) is 5.73 Å². The van der Waals surface area contributed by atoms with Gasteiger partial charge in [0, 0.05) is 6.54 Å². The highest BCUT2D eigenvalue weighted by Gasteiger charge is 2.10. The van der Waals surface area contributed by atoms with Crippen LogP contribution in [-0.2, 0) is 4.79 Å². The lowest BCUT2D eigenvalue weighted by atomic mass is 10.2. The second kappa shape index (κ2) is 5.09. The predicted molar refractivity (Wildman–Crippen MR) is 43.0 cm³/mol. The maximum Gasteiger partial charge on any atom is 0.236 e. The van der Waals surface area contributed by atoms with Gasteiger partial charge in [0.25, 0.3) is 0 Å². The zero-order valence-electron chi connectivity index (χ0n) is 7.00. The normalized spacial score (nSPS) is 15.6. The van der Waals surface area contributed by atoms with Crippen molar-refractivity contribution in [1.82, 2.24) is 5.32 Å². The van der Waals surface area contributed by atoms with Crippen LogP contribution in [0.5, 0.6) is 0 Å². The molecule has 0 aromatic heterocycles. The summed E-state index contributed by atoms with van der Waals surface area (Å²) in [6.07, 6.45) is 0.106. The van der Waals surface area contributed by atoms with Crippen LogP contribution in [0.15, 0.2) is 0 Å². The summed E-state index contributed by atoms with van der Waals surface area (Å²) < 4.78 is 0. The monoisotopic (exact) mass is 160 g/mol. The first-order valence-electron chi connectivity index (χ1n) is 3.79. The van der Waals surface area contributed by atoms with Crippen LogP contribution in [-0.4, -0.2) is 29.7 Å². The van der Waals surface area contributed by atoms with E-state index in [4.69, 9.17) is 10.8 Å². The molecule has 0 aliphatic rings. The summed E-state index contributed by atoms with van der Waals surface area (Å²) in [5, 5.41) is 11.3. The van der Waals surface area contributed by atoms with E-state index in [0.29, 0.717) is 6.42 Å². The van der Waals surface area contributed by atoms with E-state index in [1.165, 1.54) is 0 Å². The van der Waals surface area contributed by atoms with E-state index < -0.39 is 12.1 Å². The van der Waals surface area contributed by atoms with Gasteiger partial charge in [-0.05, 0) is 13.3 Å². The Bertz CT molecular complexity index is 126. The Morgan fingerprint density at radius 3 is 2.64 bits per heavy atom. The van der Waals surface area contributed by atoms with E-state index in [1.807, 2.05) is 6.92 Å². The van der Waals surface area contributed by atoms with Gasteiger partial charge < -0.3 is 16.2 Å². The Kier molecular flexibility index (Phi) is 4.81. The average Bonchev–Trinajstić information content (AvgIpc) is 1.98. The summed E-state index contributed by atoms with van der Waals surface area (Å²) in [7, 11) is 0. The summed E-state index contributed by atoms with van der Waals surface area (Å²) in [4.78, 5) is 10.9. The van der Waals surface area contributed by atoms with Gasteiger partial charge in [0.05, 0.1) is 12.1 Å². The molecule has 0 aliphatic carbocycles. The molecular weight excluding hydrogens is 144 g/mol. The number of hydrogen-bond donors (Lipinski definition) is 3. The molecule has 0 spiro atoms. The topological polar surface area (TPSA) is 75.4 Å². The van der Waals surface area contributed by atoms with Gasteiger partial charge in [-0.1, -0.05) is 6.92 Å². The molecule has 0 rings (SSSR count). The molecule has 0 heterocycles. The van der Waals surface area contributed by atoms with Crippen molar-refractivity contribution in [1.29, 1.82) is 0 Å². The fourth-order valence-corrected chi connectivity index (χ4v) is 0.565. The Balaban J connectivity index is 3.52. The van der Waals surface area contributed by atoms with Gasteiger partial charge in [-0.3, -0.25) is 4.79 Å². The fraction of sp³-hybridized carbons (Fsp3) is 0.857. The SMILES string of the molecule is CC[C@@H](N)C(=O)NCC(C)O. The van der Waals surface area contributed by atoms with Gasteiger partial charge in [0.1, 0.15) is 0 Å². The van der Waals surface area contributed by atoms with E-state index in [2.05, 4.69) is 5.32 Å². The Hall–Kier alpha value is -0.610. The number of carbonyl (C=O) groups excluding carboxylic acids is 1. The first-order valence-corrected chi connectivity index (χ1v) is 3.79. The van der Waals surface area contributed by atoms with Crippen LogP contribution in [0.2, 0.25) is 0 Å². The minimum atomic E-state index is -0.511. The number of aliphatic hydroxyl groups is 1. The second-order valence-electron chi connectivity index (χ2n) is 2.61. The summed E-state index contributed by atoms with van der Waals surface area (Å²) in [6, 6.07) is -0.450. The van der Waals surface area contributed by atoms with Crippen molar-refractivity contribution in [3.8, 4) is 0 Å². The third kappa shape index (κ3) is 4.75. The number of nitrogens with one attached hydrogen (secondary N) is 1. The molecule has 0 aromatic carbocycles. The molecule has 4 N–H and O–H groups in total. The van der Waals surface area contributed by atoms with Crippen LogP contribution in [0.4, 0.5) is 0 Å². The third-order valence-corrected chi connectivity index (χ3v) is 1.35. The lowest BCUT2D eigenvalue weighted by molar-refractivity contribution is -0.122. The molecule has 0 aliphatic heterocycles. The fourth-order valence-electron chi connectivity index (χ4n) is 0.565. The molecular formula is C7H16N2O2. The van der Waals surface area contributed by atoms with Crippen molar-refractivity contribution in [2.45, 2.75) is 32.4 Å². The van der Waals surface area contributed by atoms with Crippen LogP contribution in [0.25, 0.3) is 0 Å². The number of nitrogens with two attached hydrogens (primary N) is 1. The number of amides is 1. The van der Waals surface area contributed by atoms with Crippen LogP contribution >= 0.6 is 0 Å². The molecule has 0 saturated heterocycles. The van der Waals surface area contributed by atoms with Crippen molar-refractivity contribution in [2.75, 3.05) is 6.54 Å². The summed E-state index contributed by atoms with van der Waals surface area (Å²) in [5.41, 5.74) is 5.41.